The molecule has 8 nitrogen and oxygen atoms in total. The number of aromatic amines is 1. The maximum atomic E-state index is 12.4. The molecule has 0 bridgehead atoms. The molecule has 1 heterocycles. The molecule has 3 rings (SSSR count). The highest BCUT2D eigenvalue weighted by Crippen LogP contribution is 2.28. The first-order valence-electron chi connectivity index (χ1n) is 8.89. The number of guanidine groups is 1. The zero-order valence-corrected chi connectivity index (χ0v) is 17.6. The summed E-state index contributed by atoms with van der Waals surface area (Å²) in [6, 6.07) is 11.0. The molecule has 30 heavy (non-hydrogen) atoms. The van der Waals surface area contributed by atoms with E-state index in [0.29, 0.717) is 21.4 Å². The average Bonchev–Trinajstić information content (AvgIpc) is 3.14. The lowest BCUT2D eigenvalue weighted by molar-refractivity contribution is -0.116. The summed E-state index contributed by atoms with van der Waals surface area (Å²) in [4.78, 5) is 24.3. The summed E-state index contributed by atoms with van der Waals surface area (Å²) in [7, 11) is 1.42. The number of H-pyrrole nitrogens is 1. The Morgan fingerprint density at radius 2 is 1.93 bits per heavy atom. The molecule has 0 saturated heterocycles. The second-order valence-electron chi connectivity index (χ2n) is 6.36. The fourth-order valence-electron chi connectivity index (χ4n) is 2.89. The third-order valence-corrected chi connectivity index (χ3v) is 4.90. The number of anilines is 1. The first-order valence-corrected chi connectivity index (χ1v) is 9.65. The van der Waals surface area contributed by atoms with Gasteiger partial charge in [0, 0.05) is 29.2 Å². The van der Waals surface area contributed by atoms with Crippen molar-refractivity contribution in [3.8, 4) is 0 Å². The number of aromatic nitrogens is 1. The van der Waals surface area contributed by atoms with E-state index >= 15 is 0 Å². The molecular formula is C20H20Cl2N6O2. The number of amides is 1. The van der Waals surface area contributed by atoms with Crippen LogP contribution in [0.1, 0.15) is 17.5 Å². The van der Waals surface area contributed by atoms with Crippen LogP contribution in [0.4, 0.5) is 5.69 Å². The van der Waals surface area contributed by atoms with Crippen molar-refractivity contribution in [1.29, 1.82) is 0 Å². The summed E-state index contributed by atoms with van der Waals surface area (Å²) >= 11 is 12.0. The van der Waals surface area contributed by atoms with Gasteiger partial charge >= 0.3 is 0 Å². The van der Waals surface area contributed by atoms with Crippen molar-refractivity contribution in [3.05, 3.63) is 63.8 Å². The van der Waals surface area contributed by atoms with Crippen LogP contribution in [0.25, 0.3) is 10.9 Å². The molecule has 0 aliphatic heterocycles. The summed E-state index contributed by atoms with van der Waals surface area (Å²) < 4.78 is 0. The molecule has 0 atom stereocenters. The number of nitrogens with zero attached hydrogens (tertiary/aromatic N) is 2. The van der Waals surface area contributed by atoms with E-state index in [1.807, 2.05) is 24.3 Å². The Balaban J connectivity index is 1.69. The lowest BCUT2D eigenvalue weighted by Crippen LogP contribution is -2.32. The molecule has 0 unspecified atom stereocenters. The Hall–Kier alpha value is -3.23. The highest BCUT2D eigenvalue weighted by atomic mass is 35.5. The second kappa shape index (κ2) is 9.51. The summed E-state index contributed by atoms with van der Waals surface area (Å²) in [5.74, 6) is -0.519. The number of nitrogens with one attached hydrogen (secondary N) is 2. The van der Waals surface area contributed by atoms with Gasteiger partial charge in [0.2, 0.25) is 0 Å². The minimum Gasteiger partial charge on any atom is -0.399 e. The van der Waals surface area contributed by atoms with Crippen molar-refractivity contribution >= 4 is 57.4 Å². The van der Waals surface area contributed by atoms with Crippen LogP contribution in [0.3, 0.4) is 0 Å². The predicted octanol–water partition coefficient (Wildman–Crippen LogP) is 3.43. The Bertz CT molecular complexity index is 1120. The van der Waals surface area contributed by atoms with E-state index in [-0.39, 0.29) is 18.9 Å². The van der Waals surface area contributed by atoms with Crippen LogP contribution in [-0.4, -0.2) is 29.7 Å². The summed E-state index contributed by atoms with van der Waals surface area (Å²) in [6.07, 6.45) is 1.69. The molecule has 0 fully saturated rings. The molecule has 156 valence electrons. The average molecular weight is 447 g/mol. The topological polar surface area (TPSA) is 131 Å². The molecule has 1 aromatic heterocycles. The summed E-state index contributed by atoms with van der Waals surface area (Å²) in [6.45, 7) is 0.268. The van der Waals surface area contributed by atoms with Crippen LogP contribution in [-0.2, 0) is 16.2 Å². The smallest absolute Gasteiger partial charge is 0.255 e. The third kappa shape index (κ3) is 5.03. The van der Waals surface area contributed by atoms with E-state index < -0.39 is 5.91 Å². The standard InChI is InChI=1S/C20H20Cl2N6O2/c1-30-28-17(13-10-25-16-5-3-2-4-12(13)16)8-18(29)27-20(24)26-9-11-6-14(21)19(23)15(22)7-11/h2-7,10,25H,8-9,23H2,1H3,(H3,24,26,27,29)/b28-17+. The van der Waals surface area contributed by atoms with Gasteiger partial charge in [0.25, 0.3) is 5.91 Å². The van der Waals surface area contributed by atoms with Crippen LogP contribution in [0.2, 0.25) is 10.0 Å². The number of carbonyl (C=O) groups excluding carboxylic acids is 1. The molecule has 0 radical (unpaired) electrons. The van der Waals surface area contributed by atoms with Crippen molar-refractivity contribution in [2.24, 2.45) is 15.9 Å². The number of fused-ring (bicyclic) bond motifs is 1. The predicted molar refractivity (Wildman–Crippen MR) is 121 cm³/mol. The van der Waals surface area contributed by atoms with Gasteiger partial charge in [-0.25, -0.2) is 0 Å². The molecular weight excluding hydrogens is 427 g/mol. The van der Waals surface area contributed by atoms with Crippen molar-refractivity contribution < 1.29 is 9.63 Å². The fourth-order valence-corrected chi connectivity index (χ4v) is 3.42. The van der Waals surface area contributed by atoms with Gasteiger partial charge < -0.3 is 26.6 Å². The van der Waals surface area contributed by atoms with Gasteiger partial charge in [0.05, 0.1) is 27.9 Å². The van der Waals surface area contributed by atoms with E-state index in [1.54, 1.807) is 18.3 Å². The van der Waals surface area contributed by atoms with Gasteiger partial charge in [-0.2, -0.15) is 4.99 Å². The Kier molecular flexibility index (Phi) is 6.81. The molecule has 10 heteroatoms. The van der Waals surface area contributed by atoms with Gasteiger partial charge in [-0.1, -0.05) is 46.6 Å². The maximum absolute atomic E-state index is 12.4. The summed E-state index contributed by atoms with van der Waals surface area (Å²) in [5.41, 5.74) is 14.7. The van der Waals surface area contributed by atoms with E-state index in [0.717, 1.165) is 22.0 Å². The van der Waals surface area contributed by atoms with Crippen molar-refractivity contribution in [2.75, 3.05) is 12.8 Å². The van der Waals surface area contributed by atoms with Crippen molar-refractivity contribution in [2.45, 2.75) is 13.0 Å². The van der Waals surface area contributed by atoms with Gasteiger partial charge in [-0.15, -0.1) is 0 Å². The molecule has 2 aromatic carbocycles. The summed E-state index contributed by atoms with van der Waals surface area (Å²) in [5, 5.41) is 8.43. The van der Waals surface area contributed by atoms with Crippen LogP contribution < -0.4 is 16.8 Å². The molecule has 0 aliphatic carbocycles. The minimum absolute atomic E-state index is 0.0419. The Labute approximate surface area is 182 Å². The highest BCUT2D eigenvalue weighted by molar-refractivity contribution is 6.38. The molecule has 3 aromatic rings. The molecule has 0 aliphatic rings. The van der Waals surface area contributed by atoms with Gasteiger partial charge in [-0.3, -0.25) is 4.79 Å². The Morgan fingerprint density at radius 3 is 2.63 bits per heavy atom. The minimum atomic E-state index is -0.477. The number of hydrogen-bond acceptors (Lipinski definition) is 4. The van der Waals surface area contributed by atoms with Gasteiger partial charge in [0.15, 0.2) is 5.96 Å². The lowest BCUT2D eigenvalue weighted by Gasteiger charge is -2.08. The number of carbonyl (C=O) groups is 1. The number of nitrogens with two attached hydrogens (primary N) is 2. The van der Waals surface area contributed by atoms with Crippen molar-refractivity contribution in [3.63, 3.8) is 0 Å². The van der Waals surface area contributed by atoms with E-state index in [1.165, 1.54) is 7.11 Å². The molecule has 0 spiro atoms. The number of oxime groups is 1. The van der Waals surface area contributed by atoms with E-state index in [2.05, 4.69) is 20.4 Å². The largest absolute Gasteiger partial charge is 0.399 e. The van der Waals surface area contributed by atoms with Gasteiger partial charge in [-0.05, 0) is 23.8 Å². The SMILES string of the molecule is CO/N=C(\CC(=O)/N=C(/N)NCc1cc(Cl)c(N)c(Cl)c1)c1c[nH]c2ccccc12. The normalized spacial score (nSPS) is 12.2. The quantitative estimate of drug-likeness (QED) is 0.199. The number of hydrogen-bond donors (Lipinski definition) is 4. The number of halogens is 2. The number of nitrogen functional groups attached to an aromatic ring is 1. The van der Waals surface area contributed by atoms with Crippen molar-refractivity contribution in [1.82, 2.24) is 10.3 Å². The van der Waals surface area contributed by atoms with Crippen LogP contribution in [0.5, 0.6) is 0 Å². The monoisotopic (exact) mass is 446 g/mol. The van der Waals surface area contributed by atoms with E-state index in [9.17, 15) is 4.79 Å². The number of para-hydroxylation sites is 1. The first kappa shape index (κ1) is 21.5. The number of rotatable bonds is 6. The number of benzene rings is 2. The lowest BCUT2D eigenvalue weighted by atomic mass is 10.1. The molecule has 1 amide bonds. The first-order chi connectivity index (χ1) is 14.4. The fraction of sp³-hybridized carbons (Fsp3) is 0.150. The zero-order chi connectivity index (χ0) is 21.7. The third-order valence-electron chi connectivity index (χ3n) is 4.28. The Morgan fingerprint density at radius 1 is 1.23 bits per heavy atom. The zero-order valence-electron chi connectivity index (χ0n) is 16.1. The molecule has 0 saturated carbocycles. The highest BCUT2D eigenvalue weighted by Gasteiger charge is 2.15. The van der Waals surface area contributed by atoms with E-state index in [4.69, 9.17) is 39.5 Å². The van der Waals surface area contributed by atoms with Crippen LogP contribution >= 0.6 is 23.2 Å². The molecule has 6 N–H and O–H groups in total. The van der Waals surface area contributed by atoms with Gasteiger partial charge in [0.1, 0.15) is 7.11 Å². The number of aliphatic imine (C=N–C) groups is 1. The van der Waals surface area contributed by atoms with Crippen LogP contribution in [0.15, 0.2) is 52.7 Å². The maximum Gasteiger partial charge on any atom is 0.255 e. The second-order valence-corrected chi connectivity index (χ2v) is 7.18. The van der Waals surface area contributed by atoms with Crippen LogP contribution in [0, 0.1) is 0 Å².